The van der Waals surface area contributed by atoms with Crippen molar-refractivity contribution < 1.29 is 19.0 Å². The van der Waals surface area contributed by atoms with Crippen LogP contribution < -0.4 is 9.47 Å². The van der Waals surface area contributed by atoms with Gasteiger partial charge in [0.2, 0.25) is 0 Å². The van der Waals surface area contributed by atoms with Crippen molar-refractivity contribution in [2.24, 2.45) is 0 Å². The molecule has 0 bridgehead atoms. The fraction of sp³-hybridized carbons (Fsp3) is 0.269. The van der Waals surface area contributed by atoms with E-state index >= 15 is 0 Å². The molecule has 3 aromatic rings. The quantitative estimate of drug-likeness (QED) is 0.186. The maximum Gasteiger partial charge on any atom is 0.341 e. The van der Waals surface area contributed by atoms with Crippen LogP contribution >= 0.6 is 47.0 Å². The molecule has 0 saturated carbocycles. The minimum absolute atomic E-state index is 0.310. The van der Waals surface area contributed by atoms with Crippen molar-refractivity contribution in [3.63, 3.8) is 0 Å². The molecule has 0 fully saturated rings. The summed E-state index contributed by atoms with van der Waals surface area (Å²) in [6.45, 7) is 0.673. The Morgan fingerprint density at radius 2 is 1.18 bits per heavy atom. The van der Waals surface area contributed by atoms with E-state index < -0.39 is 5.97 Å². The molecule has 0 radical (unpaired) electrons. The first-order valence-corrected chi connectivity index (χ1v) is 15.3. The molecule has 0 atom stereocenters. The van der Waals surface area contributed by atoms with Gasteiger partial charge in [-0.3, -0.25) is 0 Å². The van der Waals surface area contributed by atoms with Crippen molar-refractivity contribution in [3.8, 4) is 11.5 Å². The van der Waals surface area contributed by atoms with Crippen LogP contribution in [0.4, 0.5) is 0 Å². The van der Waals surface area contributed by atoms with Gasteiger partial charge in [0.15, 0.2) is 11.5 Å². The van der Waals surface area contributed by atoms with Gasteiger partial charge < -0.3 is 14.2 Å². The fourth-order valence-electron chi connectivity index (χ4n) is 3.27. The van der Waals surface area contributed by atoms with E-state index in [1.165, 1.54) is 26.7 Å². The standard InChI is InChI=1S/C26H28O4S4/c1-28-26(27)23-7-6-8-24(29-15-17-9-19(31-2)13-20(10-17)32-3)25(23)30-16-18-11-21(33-4)14-22(12-18)34-5/h6-14H,15-16H2,1-5H3. The zero-order chi connectivity index (χ0) is 24.5. The molecule has 4 nitrogen and oxygen atoms in total. The summed E-state index contributed by atoms with van der Waals surface area (Å²) in [7, 11) is 1.37. The second-order valence-electron chi connectivity index (χ2n) is 7.14. The van der Waals surface area contributed by atoms with Crippen molar-refractivity contribution in [1.29, 1.82) is 0 Å². The first-order chi connectivity index (χ1) is 16.5. The average molecular weight is 533 g/mol. The van der Waals surface area contributed by atoms with Crippen LogP contribution in [0, 0.1) is 0 Å². The van der Waals surface area contributed by atoms with E-state index in [9.17, 15) is 4.79 Å². The topological polar surface area (TPSA) is 44.8 Å². The Kier molecular flexibility index (Phi) is 10.4. The molecule has 8 heteroatoms. The van der Waals surface area contributed by atoms with E-state index in [-0.39, 0.29) is 0 Å². The number of carbonyl (C=O) groups excluding carboxylic acids is 1. The van der Waals surface area contributed by atoms with E-state index in [0.29, 0.717) is 30.3 Å². The third-order valence-electron chi connectivity index (χ3n) is 4.98. The Morgan fingerprint density at radius 1 is 0.706 bits per heavy atom. The van der Waals surface area contributed by atoms with Gasteiger partial charge in [-0.2, -0.15) is 0 Å². The first-order valence-electron chi connectivity index (χ1n) is 10.4. The van der Waals surface area contributed by atoms with Crippen LogP contribution in [-0.4, -0.2) is 38.1 Å². The van der Waals surface area contributed by atoms with E-state index in [1.54, 1.807) is 59.2 Å². The number of rotatable bonds is 11. The molecular formula is C26H28O4S4. The van der Waals surface area contributed by atoms with Gasteiger partial charge in [0.05, 0.1) is 7.11 Å². The number of para-hydroxylation sites is 1. The second kappa shape index (κ2) is 13.3. The molecule has 0 amide bonds. The van der Waals surface area contributed by atoms with Crippen LogP contribution in [0.1, 0.15) is 21.5 Å². The van der Waals surface area contributed by atoms with E-state index in [1.807, 2.05) is 6.07 Å². The summed E-state index contributed by atoms with van der Waals surface area (Å²) in [6.07, 6.45) is 8.23. The second-order valence-corrected chi connectivity index (χ2v) is 10.7. The normalized spacial score (nSPS) is 10.7. The lowest BCUT2D eigenvalue weighted by Gasteiger charge is -2.17. The monoisotopic (exact) mass is 532 g/mol. The zero-order valence-corrected chi connectivity index (χ0v) is 23.1. The lowest BCUT2D eigenvalue weighted by atomic mass is 10.1. The lowest BCUT2D eigenvalue weighted by Crippen LogP contribution is -2.08. The smallest absolute Gasteiger partial charge is 0.341 e. The summed E-state index contributed by atoms with van der Waals surface area (Å²) in [6, 6.07) is 18.0. The van der Waals surface area contributed by atoms with Gasteiger partial charge in [0, 0.05) is 19.6 Å². The van der Waals surface area contributed by atoms with Gasteiger partial charge in [0.25, 0.3) is 0 Å². The number of esters is 1. The Balaban J connectivity index is 1.88. The highest BCUT2D eigenvalue weighted by atomic mass is 32.2. The molecule has 0 saturated heterocycles. The minimum atomic E-state index is -0.461. The van der Waals surface area contributed by atoms with Crippen molar-refractivity contribution in [3.05, 3.63) is 71.3 Å². The van der Waals surface area contributed by atoms with Gasteiger partial charge in [-0.05, 0) is 84.7 Å². The minimum Gasteiger partial charge on any atom is -0.485 e. The van der Waals surface area contributed by atoms with Crippen LogP contribution in [0.2, 0.25) is 0 Å². The van der Waals surface area contributed by atoms with Crippen LogP contribution in [0.25, 0.3) is 0 Å². The molecular weight excluding hydrogens is 505 g/mol. The Labute approximate surface area is 218 Å². The van der Waals surface area contributed by atoms with E-state index in [4.69, 9.17) is 14.2 Å². The van der Waals surface area contributed by atoms with Crippen molar-refractivity contribution in [2.45, 2.75) is 32.8 Å². The Bertz CT molecular complexity index is 1090. The molecule has 34 heavy (non-hydrogen) atoms. The van der Waals surface area contributed by atoms with Crippen molar-refractivity contribution in [2.75, 3.05) is 32.1 Å². The van der Waals surface area contributed by atoms with Crippen LogP contribution in [0.5, 0.6) is 11.5 Å². The summed E-state index contributed by atoms with van der Waals surface area (Å²) in [4.78, 5) is 17.2. The van der Waals surface area contributed by atoms with Gasteiger partial charge >= 0.3 is 5.97 Å². The first kappa shape index (κ1) is 26.7. The summed E-state index contributed by atoms with van der Waals surface area (Å²) in [5, 5.41) is 0. The number of ether oxygens (including phenoxy) is 3. The zero-order valence-electron chi connectivity index (χ0n) is 19.9. The highest BCUT2D eigenvalue weighted by Gasteiger charge is 2.19. The molecule has 0 aliphatic rings. The number of hydrogen-bond donors (Lipinski definition) is 0. The molecule has 0 unspecified atom stereocenters. The maximum atomic E-state index is 12.5. The number of benzene rings is 3. The van der Waals surface area contributed by atoms with Crippen LogP contribution in [0.15, 0.2) is 74.2 Å². The van der Waals surface area contributed by atoms with E-state index in [0.717, 1.165) is 11.1 Å². The molecule has 0 aromatic heterocycles. The predicted octanol–water partition coefficient (Wildman–Crippen LogP) is 7.52. The van der Waals surface area contributed by atoms with Gasteiger partial charge in [-0.1, -0.05) is 6.07 Å². The fourth-order valence-corrected chi connectivity index (χ4v) is 5.47. The average Bonchev–Trinajstić information content (AvgIpc) is 2.89. The number of hydrogen-bond acceptors (Lipinski definition) is 8. The predicted molar refractivity (Wildman–Crippen MR) is 146 cm³/mol. The summed E-state index contributed by atoms with van der Waals surface area (Å²) in [5.41, 5.74) is 2.43. The number of carbonyl (C=O) groups is 1. The van der Waals surface area contributed by atoms with Crippen molar-refractivity contribution >= 4 is 53.0 Å². The summed E-state index contributed by atoms with van der Waals surface area (Å²) in [5.74, 6) is 0.437. The largest absolute Gasteiger partial charge is 0.485 e. The third kappa shape index (κ3) is 7.07. The molecule has 0 aliphatic heterocycles. The van der Waals surface area contributed by atoms with Crippen molar-refractivity contribution in [1.82, 2.24) is 0 Å². The molecule has 180 valence electrons. The molecule has 0 aliphatic carbocycles. The number of thioether (sulfide) groups is 4. The molecule has 0 N–H and O–H groups in total. The number of methoxy groups -OCH3 is 1. The highest BCUT2D eigenvalue weighted by Crippen LogP contribution is 2.34. The molecule has 0 spiro atoms. The SMILES string of the molecule is COC(=O)c1cccc(OCc2cc(SC)cc(SC)c2)c1OCc1cc(SC)cc(SC)c1. The van der Waals surface area contributed by atoms with Gasteiger partial charge in [0.1, 0.15) is 18.8 Å². The molecule has 3 aromatic carbocycles. The van der Waals surface area contributed by atoms with Gasteiger partial charge in [-0.25, -0.2) is 4.79 Å². The summed E-state index contributed by atoms with van der Waals surface area (Å²) < 4.78 is 17.4. The van der Waals surface area contributed by atoms with Crippen LogP contribution in [-0.2, 0) is 18.0 Å². The van der Waals surface area contributed by atoms with E-state index in [2.05, 4.69) is 61.4 Å². The highest BCUT2D eigenvalue weighted by molar-refractivity contribution is 7.99. The lowest BCUT2D eigenvalue weighted by molar-refractivity contribution is 0.0594. The summed E-state index contributed by atoms with van der Waals surface area (Å²) >= 11 is 6.78. The van der Waals surface area contributed by atoms with Gasteiger partial charge in [-0.15, -0.1) is 47.0 Å². The Hall–Kier alpha value is -1.87. The molecule has 0 heterocycles. The molecule has 3 rings (SSSR count). The maximum absolute atomic E-state index is 12.5. The Morgan fingerprint density at radius 3 is 1.62 bits per heavy atom. The third-order valence-corrected chi connectivity index (χ3v) is 7.81. The van der Waals surface area contributed by atoms with Crippen LogP contribution in [0.3, 0.4) is 0 Å².